The molecule has 0 aliphatic rings. The van der Waals surface area contributed by atoms with Crippen molar-refractivity contribution in [3.63, 3.8) is 0 Å². The fourth-order valence-corrected chi connectivity index (χ4v) is 4.08. The van der Waals surface area contributed by atoms with Gasteiger partial charge in [-0.15, -0.1) is 0 Å². The van der Waals surface area contributed by atoms with E-state index < -0.39 is 15.6 Å². The molecule has 0 fully saturated rings. The zero-order valence-electron chi connectivity index (χ0n) is 16.8. The van der Waals surface area contributed by atoms with E-state index in [1.54, 1.807) is 29.2 Å². The SMILES string of the molecule is Cc1ccc(S(=O)(=O)NCC(C)(C)O)cc1-c1cnc(N)c(-c2cnn(C)c2)c1. The van der Waals surface area contributed by atoms with Crippen LogP contribution in [0.2, 0.25) is 0 Å². The molecule has 0 bridgehead atoms. The van der Waals surface area contributed by atoms with Gasteiger partial charge in [-0.1, -0.05) is 6.07 Å². The van der Waals surface area contributed by atoms with E-state index >= 15 is 0 Å². The molecule has 2 aromatic heterocycles. The van der Waals surface area contributed by atoms with Gasteiger partial charge in [0.1, 0.15) is 5.82 Å². The molecule has 3 rings (SSSR count). The Hall–Kier alpha value is -2.75. The van der Waals surface area contributed by atoms with Gasteiger partial charge in [-0.3, -0.25) is 4.68 Å². The Morgan fingerprint density at radius 3 is 2.52 bits per heavy atom. The molecule has 8 nitrogen and oxygen atoms in total. The van der Waals surface area contributed by atoms with Crippen molar-refractivity contribution in [1.82, 2.24) is 19.5 Å². The Balaban J connectivity index is 2.03. The van der Waals surface area contributed by atoms with Crippen LogP contribution in [-0.4, -0.2) is 40.4 Å². The minimum atomic E-state index is -3.78. The lowest BCUT2D eigenvalue weighted by atomic mass is 9.99. The predicted molar refractivity (Wildman–Crippen MR) is 113 cm³/mol. The molecule has 4 N–H and O–H groups in total. The standard InChI is InChI=1S/C20H25N5O3S/c1-13-5-6-16(29(27,28)24-12-20(2,3)26)8-17(13)14-7-18(19(21)22-9-14)15-10-23-25(4)11-15/h5-11,24,26H,12H2,1-4H3,(H2,21,22). The molecule has 0 amide bonds. The van der Waals surface area contributed by atoms with Gasteiger partial charge in [-0.2, -0.15) is 5.10 Å². The highest BCUT2D eigenvalue weighted by molar-refractivity contribution is 7.89. The van der Waals surface area contributed by atoms with Crippen molar-refractivity contribution in [3.05, 3.63) is 48.4 Å². The lowest BCUT2D eigenvalue weighted by Gasteiger charge is -2.18. The number of nitrogen functional groups attached to an aromatic ring is 1. The Morgan fingerprint density at radius 1 is 1.17 bits per heavy atom. The Kier molecular flexibility index (Phi) is 5.48. The van der Waals surface area contributed by atoms with Crippen LogP contribution in [0.25, 0.3) is 22.3 Å². The number of benzene rings is 1. The zero-order valence-corrected chi connectivity index (χ0v) is 17.7. The number of pyridine rings is 1. The number of sulfonamides is 1. The van der Waals surface area contributed by atoms with Crippen LogP contribution in [0, 0.1) is 6.92 Å². The predicted octanol–water partition coefficient (Wildman–Crippen LogP) is 2.09. The van der Waals surface area contributed by atoms with Gasteiger partial charge in [0.05, 0.1) is 16.7 Å². The number of aromatic nitrogens is 3. The molecule has 0 atom stereocenters. The second-order valence-electron chi connectivity index (χ2n) is 7.67. The van der Waals surface area contributed by atoms with Crippen molar-refractivity contribution in [2.24, 2.45) is 7.05 Å². The van der Waals surface area contributed by atoms with Crippen LogP contribution >= 0.6 is 0 Å². The third kappa shape index (κ3) is 4.81. The topological polar surface area (TPSA) is 123 Å². The normalized spacial score (nSPS) is 12.3. The van der Waals surface area contributed by atoms with Gasteiger partial charge in [0.25, 0.3) is 0 Å². The van der Waals surface area contributed by atoms with Crippen LogP contribution in [0.3, 0.4) is 0 Å². The van der Waals surface area contributed by atoms with Gasteiger partial charge < -0.3 is 10.8 Å². The maximum absolute atomic E-state index is 12.7. The molecule has 0 unspecified atom stereocenters. The monoisotopic (exact) mass is 415 g/mol. The summed E-state index contributed by atoms with van der Waals surface area (Å²) in [6.45, 7) is 4.88. The van der Waals surface area contributed by atoms with Crippen LogP contribution in [0.15, 0.2) is 47.8 Å². The van der Waals surface area contributed by atoms with Crippen molar-refractivity contribution in [3.8, 4) is 22.3 Å². The molecule has 0 saturated carbocycles. The number of aliphatic hydroxyl groups is 1. The molecule has 2 heterocycles. The Labute approximate surface area is 170 Å². The minimum absolute atomic E-state index is 0.0902. The Morgan fingerprint density at radius 2 is 1.90 bits per heavy atom. The molecule has 0 spiro atoms. The van der Waals surface area contributed by atoms with Crippen molar-refractivity contribution in [2.45, 2.75) is 31.3 Å². The summed E-state index contributed by atoms with van der Waals surface area (Å²) in [4.78, 5) is 4.40. The smallest absolute Gasteiger partial charge is 0.240 e. The van der Waals surface area contributed by atoms with Crippen molar-refractivity contribution >= 4 is 15.8 Å². The van der Waals surface area contributed by atoms with Crippen LogP contribution < -0.4 is 10.5 Å². The number of nitrogens with one attached hydrogen (secondary N) is 1. The lowest BCUT2D eigenvalue weighted by Crippen LogP contribution is -2.38. The van der Waals surface area contributed by atoms with E-state index in [1.165, 1.54) is 19.9 Å². The third-order valence-electron chi connectivity index (χ3n) is 4.46. The molecule has 0 aliphatic carbocycles. The average Bonchev–Trinajstić information content (AvgIpc) is 3.06. The molecule has 1 aromatic carbocycles. The minimum Gasteiger partial charge on any atom is -0.389 e. The first-order chi connectivity index (χ1) is 13.5. The highest BCUT2D eigenvalue weighted by Crippen LogP contribution is 2.32. The second kappa shape index (κ2) is 7.58. The molecule has 0 saturated heterocycles. The molecular weight excluding hydrogens is 390 g/mol. The number of anilines is 1. The molecule has 29 heavy (non-hydrogen) atoms. The largest absolute Gasteiger partial charge is 0.389 e. The summed E-state index contributed by atoms with van der Waals surface area (Å²) in [7, 11) is -1.96. The van der Waals surface area contributed by atoms with E-state index in [2.05, 4.69) is 14.8 Å². The number of hydrogen-bond donors (Lipinski definition) is 3. The number of rotatable bonds is 6. The summed E-state index contributed by atoms with van der Waals surface area (Å²) in [5.74, 6) is 0.370. The van der Waals surface area contributed by atoms with Crippen molar-refractivity contribution < 1.29 is 13.5 Å². The maximum atomic E-state index is 12.7. The summed E-state index contributed by atoms with van der Waals surface area (Å²) in [5.41, 5.74) is 8.82. The molecule has 154 valence electrons. The first-order valence-corrected chi connectivity index (χ1v) is 10.5. The molecular formula is C20H25N5O3S. The van der Waals surface area contributed by atoms with E-state index in [4.69, 9.17) is 5.73 Å². The lowest BCUT2D eigenvalue weighted by molar-refractivity contribution is 0.0857. The van der Waals surface area contributed by atoms with Crippen LogP contribution in [-0.2, 0) is 17.1 Å². The van der Waals surface area contributed by atoms with Gasteiger partial charge >= 0.3 is 0 Å². The molecule has 0 aliphatic heterocycles. The molecule has 3 aromatic rings. The summed E-state index contributed by atoms with van der Waals surface area (Å²) in [6.07, 6.45) is 5.16. The van der Waals surface area contributed by atoms with E-state index in [-0.39, 0.29) is 11.4 Å². The fraction of sp³-hybridized carbons (Fsp3) is 0.300. The number of aryl methyl sites for hydroxylation is 2. The Bertz CT molecular complexity index is 1150. The summed E-state index contributed by atoms with van der Waals surface area (Å²) in [5, 5.41) is 14.0. The number of nitrogens with zero attached hydrogens (tertiary/aromatic N) is 3. The van der Waals surface area contributed by atoms with Gasteiger partial charge in [0.15, 0.2) is 0 Å². The van der Waals surface area contributed by atoms with Crippen LogP contribution in [0.4, 0.5) is 5.82 Å². The van der Waals surface area contributed by atoms with E-state index in [0.29, 0.717) is 5.82 Å². The van der Waals surface area contributed by atoms with Crippen LogP contribution in [0.1, 0.15) is 19.4 Å². The highest BCUT2D eigenvalue weighted by atomic mass is 32.2. The zero-order chi connectivity index (χ0) is 21.4. The van der Waals surface area contributed by atoms with E-state index in [1.807, 2.05) is 26.2 Å². The summed E-state index contributed by atoms with van der Waals surface area (Å²) < 4.78 is 29.4. The highest BCUT2D eigenvalue weighted by Gasteiger charge is 2.21. The summed E-state index contributed by atoms with van der Waals surface area (Å²) >= 11 is 0. The second-order valence-corrected chi connectivity index (χ2v) is 9.44. The molecule has 0 radical (unpaired) electrons. The van der Waals surface area contributed by atoms with Gasteiger partial charge in [-0.05, 0) is 50.1 Å². The van der Waals surface area contributed by atoms with E-state index in [9.17, 15) is 13.5 Å². The molecule has 9 heteroatoms. The van der Waals surface area contributed by atoms with Crippen molar-refractivity contribution in [2.75, 3.05) is 12.3 Å². The number of nitrogens with two attached hydrogens (primary N) is 1. The first-order valence-electron chi connectivity index (χ1n) is 9.04. The van der Waals surface area contributed by atoms with Gasteiger partial charge in [0.2, 0.25) is 10.0 Å². The van der Waals surface area contributed by atoms with Gasteiger partial charge in [0, 0.05) is 42.7 Å². The van der Waals surface area contributed by atoms with Crippen LogP contribution in [0.5, 0.6) is 0 Å². The third-order valence-corrected chi connectivity index (χ3v) is 5.86. The fourth-order valence-electron chi connectivity index (χ4n) is 2.85. The summed E-state index contributed by atoms with van der Waals surface area (Å²) in [6, 6.07) is 6.76. The number of hydrogen-bond acceptors (Lipinski definition) is 6. The average molecular weight is 416 g/mol. The van der Waals surface area contributed by atoms with Crippen molar-refractivity contribution in [1.29, 1.82) is 0 Å². The first kappa shape index (κ1) is 21.0. The van der Waals surface area contributed by atoms with Gasteiger partial charge in [-0.25, -0.2) is 18.1 Å². The quantitative estimate of drug-likeness (QED) is 0.566. The van der Waals surface area contributed by atoms with E-state index in [0.717, 1.165) is 27.8 Å². The maximum Gasteiger partial charge on any atom is 0.240 e.